The predicted octanol–water partition coefficient (Wildman–Crippen LogP) is 2.45. The lowest BCUT2D eigenvalue weighted by molar-refractivity contribution is 0.309. The molecule has 4 heteroatoms. The third kappa shape index (κ3) is 4.73. The summed E-state index contributed by atoms with van der Waals surface area (Å²) in [5.41, 5.74) is 3.91. The summed E-state index contributed by atoms with van der Waals surface area (Å²) in [5.74, 6) is 0.919. The average Bonchev–Trinajstić information content (AvgIpc) is 2.89. The van der Waals surface area contributed by atoms with Gasteiger partial charge in [0.05, 0.1) is 6.54 Å². The van der Waals surface area contributed by atoms with Crippen LogP contribution in [0, 0.1) is 13.8 Å². The fourth-order valence-corrected chi connectivity index (χ4v) is 2.98. The summed E-state index contributed by atoms with van der Waals surface area (Å²) in [4.78, 5) is 7.17. The van der Waals surface area contributed by atoms with E-state index in [4.69, 9.17) is 4.99 Å². The molecule has 0 aliphatic carbocycles. The monoisotopic (exact) mass is 302 g/mol. The number of likely N-dealkylation sites (N-methyl/N-ethyl adjacent to an activating group) is 1. The lowest BCUT2D eigenvalue weighted by Crippen LogP contribution is -2.44. The van der Waals surface area contributed by atoms with Crippen LogP contribution in [0.2, 0.25) is 0 Å². The molecule has 0 amide bonds. The van der Waals surface area contributed by atoms with E-state index in [0.717, 1.165) is 25.6 Å². The van der Waals surface area contributed by atoms with Crippen LogP contribution >= 0.6 is 0 Å². The summed E-state index contributed by atoms with van der Waals surface area (Å²) in [7, 11) is 2.21. The van der Waals surface area contributed by atoms with Crippen molar-refractivity contribution in [2.24, 2.45) is 4.99 Å². The molecule has 0 aromatic heterocycles. The van der Waals surface area contributed by atoms with Crippen LogP contribution in [0.15, 0.2) is 23.2 Å². The van der Waals surface area contributed by atoms with Crippen LogP contribution in [0.3, 0.4) is 0 Å². The van der Waals surface area contributed by atoms with Crippen molar-refractivity contribution in [1.29, 1.82) is 0 Å². The predicted molar refractivity (Wildman–Crippen MR) is 94.4 cm³/mol. The second-order valence-electron chi connectivity index (χ2n) is 6.28. The standard InChI is InChI=1S/C18H30N4/c1-5-19-18(21-13-17-7-6-10-22(17)4)20-12-16-9-8-14(2)11-15(16)3/h8-9,11,17H,5-7,10,12-13H2,1-4H3,(H2,19,20,21). The fraction of sp³-hybridized carbons (Fsp3) is 0.611. The lowest BCUT2D eigenvalue weighted by atomic mass is 10.1. The highest BCUT2D eigenvalue weighted by Crippen LogP contribution is 2.14. The van der Waals surface area contributed by atoms with Crippen molar-refractivity contribution in [2.45, 2.75) is 46.2 Å². The molecule has 1 saturated heterocycles. The van der Waals surface area contributed by atoms with E-state index in [1.807, 2.05) is 0 Å². The van der Waals surface area contributed by atoms with Gasteiger partial charge in [-0.2, -0.15) is 0 Å². The van der Waals surface area contributed by atoms with Gasteiger partial charge in [-0.15, -0.1) is 0 Å². The Kier molecular flexibility index (Phi) is 6.25. The number of likely N-dealkylation sites (tertiary alicyclic amines) is 1. The van der Waals surface area contributed by atoms with E-state index in [1.54, 1.807) is 0 Å². The zero-order valence-corrected chi connectivity index (χ0v) is 14.4. The Balaban J connectivity index is 1.94. The van der Waals surface area contributed by atoms with Gasteiger partial charge in [-0.3, -0.25) is 0 Å². The molecular formula is C18H30N4. The van der Waals surface area contributed by atoms with Gasteiger partial charge in [-0.1, -0.05) is 23.8 Å². The van der Waals surface area contributed by atoms with E-state index < -0.39 is 0 Å². The van der Waals surface area contributed by atoms with Gasteiger partial charge < -0.3 is 15.5 Å². The van der Waals surface area contributed by atoms with Gasteiger partial charge in [-0.05, 0) is 58.3 Å². The van der Waals surface area contributed by atoms with Crippen LogP contribution in [0.25, 0.3) is 0 Å². The summed E-state index contributed by atoms with van der Waals surface area (Å²) >= 11 is 0. The number of aliphatic imine (C=N–C) groups is 1. The van der Waals surface area contributed by atoms with E-state index in [-0.39, 0.29) is 0 Å². The molecule has 0 radical (unpaired) electrons. The molecular weight excluding hydrogens is 272 g/mol. The first-order valence-electron chi connectivity index (χ1n) is 8.38. The number of rotatable bonds is 5. The molecule has 1 atom stereocenters. The largest absolute Gasteiger partial charge is 0.357 e. The van der Waals surface area contributed by atoms with Crippen LogP contribution in [-0.4, -0.2) is 43.6 Å². The van der Waals surface area contributed by atoms with Crippen LogP contribution < -0.4 is 10.6 Å². The van der Waals surface area contributed by atoms with Crippen molar-refractivity contribution in [3.63, 3.8) is 0 Å². The normalized spacial score (nSPS) is 19.5. The lowest BCUT2D eigenvalue weighted by Gasteiger charge is -2.21. The first kappa shape index (κ1) is 16.8. The van der Waals surface area contributed by atoms with Gasteiger partial charge in [0.25, 0.3) is 0 Å². The Morgan fingerprint density at radius 2 is 2.14 bits per heavy atom. The van der Waals surface area contributed by atoms with Crippen LogP contribution in [-0.2, 0) is 6.54 Å². The molecule has 1 aliphatic heterocycles. The topological polar surface area (TPSA) is 39.7 Å². The minimum Gasteiger partial charge on any atom is -0.357 e. The Bertz CT molecular complexity index is 510. The molecule has 1 unspecified atom stereocenters. The zero-order valence-electron chi connectivity index (χ0n) is 14.4. The van der Waals surface area contributed by atoms with E-state index in [2.05, 4.69) is 61.6 Å². The van der Waals surface area contributed by atoms with Crippen molar-refractivity contribution >= 4 is 5.96 Å². The quantitative estimate of drug-likeness (QED) is 0.648. The van der Waals surface area contributed by atoms with E-state index in [1.165, 1.54) is 36.1 Å². The van der Waals surface area contributed by atoms with E-state index >= 15 is 0 Å². The minimum absolute atomic E-state index is 0.630. The van der Waals surface area contributed by atoms with Crippen molar-refractivity contribution in [3.05, 3.63) is 34.9 Å². The van der Waals surface area contributed by atoms with Crippen LogP contribution in [0.4, 0.5) is 0 Å². The van der Waals surface area contributed by atoms with Gasteiger partial charge in [0.1, 0.15) is 0 Å². The summed E-state index contributed by atoms with van der Waals surface area (Å²) in [6.07, 6.45) is 2.58. The third-order valence-electron chi connectivity index (χ3n) is 4.43. The number of benzene rings is 1. The Labute approximate surface area is 135 Å². The first-order chi connectivity index (χ1) is 10.6. The SMILES string of the molecule is CCNC(=NCc1ccc(C)cc1C)NCC1CCCN1C. The van der Waals surface area contributed by atoms with Gasteiger partial charge >= 0.3 is 0 Å². The van der Waals surface area contributed by atoms with Crippen LogP contribution in [0.1, 0.15) is 36.5 Å². The molecule has 22 heavy (non-hydrogen) atoms. The average molecular weight is 302 g/mol. The summed E-state index contributed by atoms with van der Waals surface area (Å²) in [6.45, 7) is 10.2. The number of hydrogen-bond donors (Lipinski definition) is 2. The Morgan fingerprint density at radius 3 is 2.77 bits per heavy atom. The second-order valence-corrected chi connectivity index (χ2v) is 6.28. The van der Waals surface area contributed by atoms with E-state index in [9.17, 15) is 0 Å². The number of nitrogens with zero attached hydrogens (tertiary/aromatic N) is 2. The smallest absolute Gasteiger partial charge is 0.191 e. The molecule has 0 saturated carbocycles. The van der Waals surface area contributed by atoms with Crippen LogP contribution in [0.5, 0.6) is 0 Å². The Hall–Kier alpha value is -1.55. The summed E-state index contributed by atoms with van der Waals surface area (Å²) in [5, 5.41) is 6.83. The molecule has 1 aromatic rings. The van der Waals surface area contributed by atoms with Crippen molar-refractivity contribution in [1.82, 2.24) is 15.5 Å². The molecule has 1 aromatic carbocycles. The van der Waals surface area contributed by atoms with Crippen molar-refractivity contribution in [2.75, 3.05) is 26.7 Å². The molecule has 2 rings (SSSR count). The number of aryl methyl sites for hydroxylation is 2. The number of nitrogens with one attached hydrogen (secondary N) is 2. The highest BCUT2D eigenvalue weighted by atomic mass is 15.2. The maximum absolute atomic E-state index is 4.74. The minimum atomic E-state index is 0.630. The molecule has 122 valence electrons. The van der Waals surface area contributed by atoms with E-state index in [0.29, 0.717) is 6.04 Å². The summed E-state index contributed by atoms with van der Waals surface area (Å²) < 4.78 is 0. The van der Waals surface area contributed by atoms with Gasteiger partial charge in [0.2, 0.25) is 0 Å². The first-order valence-corrected chi connectivity index (χ1v) is 8.38. The highest BCUT2D eigenvalue weighted by molar-refractivity contribution is 5.79. The van der Waals surface area contributed by atoms with Gasteiger partial charge in [0.15, 0.2) is 5.96 Å². The molecule has 0 spiro atoms. The zero-order chi connectivity index (χ0) is 15.9. The molecule has 4 nitrogen and oxygen atoms in total. The van der Waals surface area contributed by atoms with Crippen molar-refractivity contribution in [3.8, 4) is 0 Å². The number of guanidine groups is 1. The third-order valence-corrected chi connectivity index (χ3v) is 4.43. The maximum atomic E-state index is 4.74. The summed E-state index contributed by atoms with van der Waals surface area (Å²) in [6, 6.07) is 7.19. The molecule has 0 bridgehead atoms. The molecule has 1 aliphatic rings. The van der Waals surface area contributed by atoms with Gasteiger partial charge in [0, 0.05) is 19.1 Å². The second kappa shape index (κ2) is 8.18. The molecule has 2 N–H and O–H groups in total. The highest BCUT2D eigenvalue weighted by Gasteiger charge is 2.20. The van der Waals surface area contributed by atoms with Crippen molar-refractivity contribution < 1.29 is 0 Å². The Morgan fingerprint density at radius 1 is 1.32 bits per heavy atom. The molecule has 1 heterocycles. The van der Waals surface area contributed by atoms with Gasteiger partial charge in [-0.25, -0.2) is 4.99 Å². The fourth-order valence-electron chi connectivity index (χ4n) is 2.98. The number of hydrogen-bond acceptors (Lipinski definition) is 2. The maximum Gasteiger partial charge on any atom is 0.191 e. The molecule has 1 fully saturated rings.